The first-order valence-electron chi connectivity index (χ1n) is 6.80. The number of rotatable bonds is 3. The van der Waals surface area contributed by atoms with E-state index in [0.29, 0.717) is 11.6 Å². The molecule has 1 rings (SSSR count). The fourth-order valence-corrected chi connectivity index (χ4v) is 1.52. The van der Waals surface area contributed by atoms with E-state index in [0.717, 1.165) is 5.69 Å². The summed E-state index contributed by atoms with van der Waals surface area (Å²) in [5, 5.41) is 11.9. The second-order valence-electron chi connectivity index (χ2n) is 7.17. The van der Waals surface area contributed by atoms with Crippen LogP contribution in [-0.4, -0.2) is 27.1 Å². The first-order valence-corrected chi connectivity index (χ1v) is 6.80. The third-order valence-electron chi connectivity index (χ3n) is 2.90. The van der Waals surface area contributed by atoms with Crippen molar-refractivity contribution in [3.05, 3.63) is 17.6 Å². The minimum atomic E-state index is -0.904. The number of carboxylic acids is 1. The van der Waals surface area contributed by atoms with Crippen molar-refractivity contribution < 1.29 is 9.90 Å². The van der Waals surface area contributed by atoms with E-state index in [1.807, 2.05) is 26.8 Å². The highest BCUT2D eigenvalue weighted by Crippen LogP contribution is 2.26. The van der Waals surface area contributed by atoms with Gasteiger partial charge in [-0.2, -0.15) is 0 Å². The Labute approximate surface area is 120 Å². The number of carboxylic acid groups (broad SMARTS) is 1. The number of anilines is 1. The van der Waals surface area contributed by atoms with Crippen molar-refractivity contribution in [1.29, 1.82) is 0 Å². The van der Waals surface area contributed by atoms with E-state index in [-0.39, 0.29) is 10.8 Å². The van der Waals surface area contributed by atoms with Crippen LogP contribution in [0.3, 0.4) is 0 Å². The highest BCUT2D eigenvalue weighted by atomic mass is 16.4. The van der Waals surface area contributed by atoms with Crippen LogP contribution in [0.2, 0.25) is 0 Å². The van der Waals surface area contributed by atoms with Crippen LogP contribution in [0, 0.1) is 0 Å². The number of carbonyl (C=O) groups is 1. The molecule has 1 atom stereocenters. The molecule has 5 heteroatoms. The van der Waals surface area contributed by atoms with Gasteiger partial charge < -0.3 is 10.4 Å². The van der Waals surface area contributed by atoms with Gasteiger partial charge in [-0.15, -0.1) is 0 Å². The van der Waals surface area contributed by atoms with Crippen LogP contribution in [-0.2, 0) is 15.6 Å². The largest absolute Gasteiger partial charge is 0.480 e. The van der Waals surface area contributed by atoms with Gasteiger partial charge in [0.2, 0.25) is 0 Å². The molecule has 2 N–H and O–H groups in total. The zero-order valence-corrected chi connectivity index (χ0v) is 13.4. The highest BCUT2D eigenvalue weighted by Gasteiger charge is 2.24. The summed E-state index contributed by atoms with van der Waals surface area (Å²) in [6.07, 6.45) is 0. The molecule has 0 saturated heterocycles. The van der Waals surface area contributed by atoms with Crippen LogP contribution in [0.15, 0.2) is 6.07 Å². The van der Waals surface area contributed by atoms with E-state index >= 15 is 0 Å². The molecule has 0 aliphatic carbocycles. The van der Waals surface area contributed by atoms with Crippen molar-refractivity contribution >= 4 is 11.8 Å². The van der Waals surface area contributed by atoms with Gasteiger partial charge in [-0.25, -0.2) is 9.97 Å². The Morgan fingerprint density at radius 2 is 1.70 bits per heavy atom. The maximum Gasteiger partial charge on any atom is 0.325 e. The van der Waals surface area contributed by atoms with E-state index in [1.165, 1.54) is 0 Å². The minimum absolute atomic E-state index is 0.119. The van der Waals surface area contributed by atoms with E-state index in [2.05, 4.69) is 36.1 Å². The van der Waals surface area contributed by atoms with Gasteiger partial charge in [0.05, 0.1) is 5.69 Å². The van der Waals surface area contributed by atoms with Crippen LogP contribution >= 0.6 is 0 Å². The zero-order chi connectivity index (χ0) is 15.7. The number of aromatic nitrogens is 2. The summed E-state index contributed by atoms with van der Waals surface area (Å²) in [4.78, 5) is 20.0. The molecule has 1 aromatic heterocycles. The number of hydrogen-bond acceptors (Lipinski definition) is 4. The molecule has 0 saturated carbocycles. The number of hydrogen-bond donors (Lipinski definition) is 2. The summed E-state index contributed by atoms with van der Waals surface area (Å²) in [7, 11) is 0. The summed E-state index contributed by atoms with van der Waals surface area (Å²) in [5.74, 6) is 0.369. The highest BCUT2D eigenvalue weighted by molar-refractivity contribution is 5.76. The molecule has 0 amide bonds. The van der Waals surface area contributed by atoms with E-state index in [1.54, 1.807) is 6.92 Å². The molecule has 5 nitrogen and oxygen atoms in total. The molecular weight excluding hydrogens is 254 g/mol. The van der Waals surface area contributed by atoms with E-state index in [9.17, 15) is 4.79 Å². The van der Waals surface area contributed by atoms with Crippen LogP contribution in [0.5, 0.6) is 0 Å². The van der Waals surface area contributed by atoms with E-state index < -0.39 is 12.0 Å². The Morgan fingerprint density at radius 1 is 1.15 bits per heavy atom. The fraction of sp³-hybridized carbons (Fsp3) is 0.667. The van der Waals surface area contributed by atoms with Crippen LogP contribution in [0.1, 0.15) is 60.0 Å². The lowest BCUT2D eigenvalue weighted by atomic mass is 9.90. The molecule has 1 heterocycles. The molecule has 0 aromatic carbocycles. The third kappa shape index (κ3) is 4.18. The van der Waals surface area contributed by atoms with Crippen LogP contribution in [0.25, 0.3) is 0 Å². The lowest BCUT2D eigenvalue weighted by Gasteiger charge is -2.24. The molecule has 0 fully saturated rings. The number of nitrogens with one attached hydrogen (secondary N) is 1. The molecule has 0 aliphatic heterocycles. The summed E-state index contributed by atoms with van der Waals surface area (Å²) in [6.45, 7) is 13.9. The fourth-order valence-electron chi connectivity index (χ4n) is 1.52. The van der Waals surface area contributed by atoms with Crippen molar-refractivity contribution in [2.24, 2.45) is 0 Å². The lowest BCUT2D eigenvalue weighted by Crippen LogP contribution is -2.28. The second-order valence-corrected chi connectivity index (χ2v) is 7.17. The Morgan fingerprint density at radius 3 is 2.10 bits per heavy atom. The summed E-state index contributed by atoms with van der Waals surface area (Å²) in [6, 6.07) is 1.14. The predicted octanol–water partition coefficient (Wildman–Crippen LogP) is 2.96. The van der Waals surface area contributed by atoms with Crippen LogP contribution < -0.4 is 5.32 Å². The number of nitrogens with zero attached hydrogens (tertiary/aromatic N) is 2. The Hall–Kier alpha value is -1.65. The molecule has 1 aromatic rings. The van der Waals surface area contributed by atoms with Gasteiger partial charge >= 0.3 is 5.97 Å². The van der Waals surface area contributed by atoms with Gasteiger partial charge in [0.15, 0.2) is 0 Å². The van der Waals surface area contributed by atoms with Crippen molar-refractivity contribution in [1.82, 2.24) is 9.97 Å². The summed E-state index contributed by atoms with van der Waals surface area (Å²) in [5.41, 5.74) is 0.591. The molecule has 0 spiro atoms. The number of aliphatic carboxylic acids is 1. The average Bonchev–Trinajstić information content (AvgIpc) is 2.26. The molecule has 0 aliphatic rings. The molecule has 0 unspecified atom stereocenters. The van der Waals surface area contributed by atoms with E-state index in [4.69, 9.17) is 5.11 Å². The molecule has 0 bridgehead atoms. The molecular formula is C15H25N3O2. The first-order chi connectivity index (χ1) is 8.91. The minimum Gasteiger partial charge on any atom is -0.480 e. The SMILES string of the molecule is C[C@@H](Nc1cc(C(C)(C)C)nc(C(C)(C)C)n1)C(=O)O. The molecule has 0 radical (unpaired) electrons. The van der Waals surface area contributed by atoms with Crippen molar-refractivity contribution in [2.75, 3.05) is 5.32 Å². The topological polar surface area (TPSA) is 75.1 Å². The van der Waals surface area contributed by atoms with Crippen molar-refractivity contribution in [3.63, 3.8) is 0 Å². The lowest BCUT2D eigenvalue weighted by molar-refractivity contribution is -0.137. The van der Waals surface area contributed by atoms with Gasteiger partial charge in [-0.1, -0.05) is 41.5 Å². The Bertz CT molecular complexity index is 467. The maximum absolute atomic E-state index is 11.0. The van der Waals surface area contributed by atoms with Gasteiger partial charge in [0, 0.05) is 16.9 Å². The Balaban J connectivity index is 3.28. The zero-order valence-electron chi connectivity index (χ0n) is 13.4. The normalized spacial score (nSPS) is 13.9. The maximum atomic E-state index is 11.0. The van der Waals surface area contributed by atoms with Crippen molar-refractivity contribution in [2.45, 2.75) is 65.3 Å². The smallest absolute Gasteiger partial charge is 0.325 e. The summed E-state index contributed by atoms with van der Waals surface area (Å²) >= 11 is 0. The molecule has 112 valence electrons. The van der Waals surface area contributed by atoms with Gasteiger partial charge in [-0.05, 0) is 6.92 Å². The predicted molar refractivity (Wildman–Crippen MR) is 80.2 cm³/mol. The quantitative estimate of drug-likeness (QED) is 0.889. The van der Waals surface area contributed by atoms with Crippen LogP contribution in [0.4, 0.5) is 5.82 Å². The standard InChI is InChI=1S/C15H25N3O2/c1-9(12(19)20)16-11-8-10(14(2,3)4)17-13(18-11)15(5,6)7/h8-9H,1-7H3,(H,19,20)(H,16,17,18)/t9-/m1/s1. The first kappa shape index (κ1) is 16.4. The van der Waals surface area contributed by atoms with Gasteiger partial charge in [-0.3, -0.25) is 4.79 Å². The second kappa shape index (κ2) is 5.38. The average molecular weight is 279 g/mol. The third-order valence-corrected chi connectivity index (χ3v) is 2.90. The summed E-state index contributed by atoms with van der Waals surface area (Å²) < 4.78 is 0. The monoisotopic (exact) mass is 279 g/mol. The van der Waals surface area contributed by atoms with Gasteiger partial charge in [0.1, 0.15) is 17.7 Å². The van der Waals surface area contributed by atoms with Crippen molar-refractivity contribution in [3.8, 4) is 0 Å². The Kier molecular flexibility index (Phi) is 4.42. The molecule has 20 heavy (non-hydrogen) atoms. The van der Waals surface area contributed by atoms with Gasteiger partial charge in [0.25, 0.3) is 0 Å².